The van der Waals surface area contributed by atoms with E-state index in [9.17, 15) is 4.79 Å². The van der Waals surface area contributed by atoms with Crippen LogP contribution in [0.1, 0.15) is 25.7 Å². The van der Waals surface area contributed by atoms with E-state index in [0.29, 0.717) is 11.7 Å². The molecule has 1 heterocycles. The number of carbonyl (C=O) groups excluding carboxylic acids is 1. The van der Waals surface area contributed by atoms with Gasteiger partial charge in [-0.05, 0) is 30.9 Å². The summed E-state index contributed by atoms with van der Waals surface area (Å²) in [4.78, 5) is 15.2. The number of nitrogens with one attached hydrogen (secondary N) is 1. The Balaban J connectivity index is 1.60. The van der Waals surface area contributed by atoms with Gasteiger partial charge in [-0.15, -0.1) is 0 Å². The first kappa shape index (κ1) is 11.3. The van der Waals surface area contributed by atoms with Gasteiger partial charge in [0.2, 0.25) is 0 Å². The van der Waals surface area contributed by atoms with Crippen molar-refractivity contribution < 1.29 is 9.21 Å². The highest BCUT2D eigenvalue weighted by Gasteiger charge is 2.18. The number of rotatable bonds is 3. The molecule has 4 nitrogen and oxygen atoms in total. The number of ketones is 1. The Labute approximate surface area is 105 Å². The average molecular weight is 244 g/mol. The Morgan fingerprint density at radius 1 is 1.33 bits per heavy atom. The zero-order chi connectivity index (χ0) is 12.4. The van der Waals surface area contributed by atoms with Gasteiger partial charge in [0, 0.05) is 31.1 Å². The maximum atomic E-state index is 11.2. The van der Waals surface area contributed by atoms with Crippen LogP contribution in [0.2, 0.25) is 0 Å². The van der Waals surface area contributed by atoms with E-state index in [1.807, 2.05) is 18.2 Å². The third-order valence-corrected chi connectivity index (χ3v) is 3.59. The molecule has 1 aromatic heterocycles. The van der Waals surface area contributed by atoms with Crippen molar-refractivity contribution in [2.45, 2.75) is 25.7 Å². The molecule has 1 aromatic carbocycles. The lowest BCUT2D eigenvalue weighted by atomic mass is 9.88. The Hall–Kier alpha value is -1.84. The molecular weight excluding hydrogens is 228 g/mol. The van der Waals surface area contributed by atoms with Gasteiger partial charge in [-0.2, -0.15) is 0 Å². The summed E-state index contributed by atoms with van der Waals surface area (Å²) >= 11 is 0. The van der Waals surface area contributed by atoms with E-state index in [1.54, 1.807) is 0 Å². The predicted octanol–water partition coefficient (Wildman–Crippen LogP) is 3.00. The summed E-state index contributed by atoms with van der Waals surface area (Å²) < 4.78 is 5.27. The molecule has 0 aliphatic heterocycles. The van der Waals surface area contributed by atoms with Crippen LogP contribution in [0.3, 0.4) is 0 Å². The first-order valence-electron chi connectivity index (χ1n) is 6.40. The topological polar surface area (TPSA) is 55.1 Å². The highest BCUT2D eigenvalue weighted by Crippen LogP contribution is 2.23. The van der Waals surface area contributed by atoms with Gasteiger partial charge in [0.15, 0.2) is 12.0 Å². The number of Topliss-reactive ketones (excluding diaryl/α,β-unsaturated/α-hetero) is 1. The molecule has 18 heavy (non-hydrogen) atoms. The third kappa shape index (κ3) is 2.37. The first-order valence-corrected chi connectivity index (χ1v) is 6.40. The number of hydrogen-bond donors (Lipinski definition) is 1. The summed E-state index contributed by atoms with van der Waals surface area (Å²) in [6.45, 7) is 0.924. The zero-order valence-electron chi connectivity index (χ0n) is 10.2. The van der Waals surface area contributed by atoms with Crippen LogP contribution in [0.15, 0.2) is 29.0 Å². The summed E-state index contributed by atoms with van der Waals surface area (Å²) in [5.74, 6) is 1.02. The van der Waals surface area contributed by atoms with Gasteiger partial charge in [0.25, 0.3) is 0 Å². The van der Waals surface area contributed by atoms with Crippen LogP contribution >= 0.6 is 0 Å². The number of hydrogen-bond acceptors (Lipinski definition) is 4. The lowest BCUT2D eigenvalue weighted by molar-refractivity contribution is -0.120. The summed E-state index contributed by atoms with van der Waals surface area (Å²) in [7, 11) is 0. The average Bonchev–Trinajstić information content (AvgIpc) is 2.85. The SMILES string of the molecule is O=C1CCC(CNc2ccc3ncoc3c2)CC1. The third-order valence-electron chi connectivity index (χ3n) is 3.59. The zero-order valence-corrected chi connectivity index (χ0v) is 10.2. The van der Waals surface area contributed by atoms with E-state index in [2.05, 4.69) is 10.3 Å². The van der Waals surface area contributed by atoms with Crippen molar-refractivity contribution in [2.75, 3.05) is 11.9 Å². The van der Waals surface area contributed by atoms with Crippen LogP contribution < -0.4 is 5.32 Å². The Morgan fingerprint density at radius 2 is 2.17 bits per heavy atom. The fourth-order valence-corrected chi connectivity index (χ4v) is 2.43. The van der Waals surface area contributed by atoms with Crippen molar-refractivity contribution in [2.24, 2.45) is 5.92 Å². The molecular formula is C14H16N2O2. The van der Waals surface area contributed by atoms with E-state index < -0.39 is 0 Å². The molecule has 0 bridgehead atoms. The molecule has 1 fully saturated rings. The van der Waals surface area contributed by atoms with Crippen molar-refractivity contribution in [3.63, 3.8) is 0 Å². The second-order valence-electron chi connectivity index (χ2n) is 4.90. The van der Waals surface area contributed by atoms with E-state index in [0.717, 1.165) is 49.0 Å². The molecule has 4 heteroatoms. The normalized spacial score (nSPS) is 17.2. The maximum Gasteiger partial charge on any atom is 0.181 e. The van der Waals surface area contributed by atoms with Crippen molar-refractivity contribution in [1.29, 1.82) is 0 Å². The van der Waals surface area contributed by atoms with Gasteiger partial charge in [-0.25, -0.2) is 4.98 Å². The van der Waals surface area contributed by atoms with Gasteiger partial charge in [-0.1, -0.05) is 0 Å². The molecule has 1 aliphatic rings. The summed E-state index contributed by atoms with van der Waals surface area (Å²) in [5, 5.41) is 3.41. The van der Waals surface area contributed by atoms with Crippen molar-refractivity contribution in [3.05, 3.63) is 24.6 Å². The van der Waals surface area contributed by atoms with Crippen LogP contribution in [0, 0.1) is 5.92 Å². The number of benzene rings is 1. The molecule has 94 valence electrons. The van der Waals surface area contributed by atoms with Gasteiger partial charge in [0.1, 0.15) is 11.3 Å². The summed E-state index contributed by atoms with van der Waals surface area (Å²) in [5.41, 5.74) is 2.73. The molecule has 0 radical (unpaired) electrons. The fourth-order valence-electron chi connectivity index (χ4n) is 2.43. The minimum absolute atomic E-state index is 0.411. The van der Waals surface area contributed by atoms with E-state index >= 15 is 0 Å². The number of nitrogens with zero attached hydrogens (tertiary/aromatic N) is 1. The molecule has 1 saturated carbocycles. The molecule has 0 saturated heterocycles. The van der Waals surface area contributed by atoms with E-state index in [4.69, 9.17) is 4.42 Å². The number of aromatic nitrogens is 1. The monoisotopic (exact) mass is 244 g/mol. The second-order valence-corrected chi connectivity index (χ2v) is 4.90. The van der Waals surface area contributed by atoms with Crippen LogP contribution in [0.25, 0.3) is 11.1 Å². The minimum Gasteiger partial charge on any atom is -0.443 e. The van der Waals surface area contributed by atoms with Crippen LogP contribution in [0.5, 0.6) is 0 Å². The van der Waals surface area contributed by atoms with E-state index in [-0.39, 0.29) is 0 Å². The second kappa shape index (κ2) is 4.80. The highest BCUT2D eigenvalue weighted by molar-refractivity contribution is 5.79. The van der Waals surface area contributed by atoms with Gasteiger partial charge >= 0.3 is 0 Å². The number of anilines is 1. The molecule has 0 spiro atoms. The van der Waals surface area contributed by atoms with Crippen molar-refractivity contribution in [1.82, 2.24) is 4.98 Å². The molecule has 0 atom stereocenters. The molecule has 1 aliphatic carbocycles. The van der Waals surface area contributed by atoms with Crippen LogP contribution in [-0.2, 0) is 4.79 Å². The summed E-state index contributed by atoms with van der Waals surface area (Å²) in [6, 6.07) is 5.93. The maximum absolute atomic E-state index is 11.2. The standard InChI is InChI=1S/C14H16N2O2/c17-12-4-1-10(2-5-12)8-15-11-3-6-13-14(7-11)18-9-16-13/h3,6-7,9-10,15H,1-2,4-5,8H2. The van der Waals surface area contributed by atoms with Gasteiger partial charge in [0.05, 0.1) is 0 Å². The Bertz CT molecular complexity index is 552. The first-order chi connectivity index (χ1) is 8.81. The fraction of sp³-hybridized carbons (Fsp3) is 0.429. The van der Waals surface area contributed by atoms with Gasteiger partial charge < -0.3 is 9.73 Å². The lowest BCUT2D eigenvalue weighted by Gasteiger charge is -2.21. The van der Waals surface area contributed by atoms with Gasteiger partial charge in [-0.3, -0.25) is 4.79 Å². The van der Waals surface area contributed by atoms with Crippen molar-refractivity contribution >= 4 is 22.6 Å². The smallest absolute Gasteiger partial charge is 0.181 e. The Kier molecular flexibility index (Phi) is 3.00. The lowest BCUT2D eigenvalue weighted by Crippen LogP contribution is -2.20. The Morgan fingerprint density at radius 3 is 3.00 bits per heavy atom. The summed E-state index contributed by atoms with van der Waals surface area (Å²) in [6.07, 6.45) is 4.97. The van der Waals surface area contributed by atoms with Crippen molar-refractivity contribution in [3.8, 4) is 0 Å². The number of fused-ring (bicyclic) bond motifs is 1. The minimum atomic E-state index is 0.411. The quantitative estimate of drug-likeness (QED) is 0.901. The van der Waals surface area contributed by atoms with Crippen LogP contribution in [-0.4, -0.2) is 17.3 Å². The molecule has 2 aromatic rings. The highest BCUT2D eigenvalue weighted by atomic mass is 16.3. The number of carbonyl (C=O) groups is 1. The van der Waals surface area contributed by atoms with E-state index in [1.165, 1.54) is 6.39 Å². The predicted molar refractivity (Wildman–Crippen MR) is 69.5 cm³/mol. The molecule has 0 unspecified atom stereocenters. The molecule has 3 rings (SSSR count). The molecule has 1 N–H and O–H groups in total. The molecule has 0 amide bonds. The number of oxazole rings is 1. The van der Waals surface area contributed by atoms with Crippen LogP contribution in [0.4, 0.5) is 5.69 Å². The largest absolute Gasteiger partial charge is 0.443 e.